The van der Waals surface area contributed by atoms with Crippen molar-refractivity contribution in [2.45, 2.75) is 45.4 Å². The highest BCUT2D eigenvalue weighted by Gasteiger charge is 2.10. The highest BCUT2D eigenvalue weighted by molar-refractivity contribution is 5.59. The first-order valence-corrected chi connectivity index (χ1v) is 9.94. The van der Waals surface area contributed by atoms with E-state index in [-0.39, 0.29) is 0 Å². The molecule has 0 radical (unpaired) electrons. The molecule has 0 bridgehead atoms. The van der Waals surface area contributed by atoms with Crippen LogP contribution in [0.1, 0.15) is 51.0 Å². The molecule has 3 aromatic rings. The number of nitrogens with zero attached hydrogens (tertiary/aromatic N) is 2. The van der Waals surface area contributed by atoms with Gasteiger partial charge in [-0.05, 0) is 55.0 Å². The van der Waals surface area contributed by atoms with Crippen LogP contribution in [0.2, 0.25) is 0 Å². The predicted molar refractivity (Wildman–Crippen MR) is 112 cm³/mol. The van der Waals surface area contributed by atoms with Crippen LogP contribution in [0.4, 0.5) is 0 Å². The van der Waals surface area contributed by atoms with Gasteiger partial charge in [0.1, 0.15) is 5.75 Å². The van der Waals surface area contributed by atoms with Crippen molar-refractivity contribution in [2.75, 3.05) is 6.61 Å². The lowest BCUT2D eigenvalue weighted by Crippen LogP contribution is -1.97. The van der Waals surface area contributed by atoms with Crippen LogP contribution in [-0.4, -0.2) is 16.8 Å². The molecule has 1 aromatic heterocycles. The van der Waals surface area contributed by atoms with Gasteiger partial charge >= 0.3 is 0 Å². The molecule has 0 saturated heterocycles. The van der Waals surface area contributed by atoms with Gasteiger partial charge in [0.2, 0.25) is 11.8 Å². The van der Waals surface area contributed by atoms with E-state index in [4.69, 9.17) is 15.6 Å². The molecule has 28 heavy (non-hydrogen) atoms. The number of terminal acetylenes is 1. The predicted octanol–water partition coefficient (Wildman–Crippen LogP) is 6.12. The van der Waals surface area contributed by atoms with Gasteiger partial charge in [-0.3, -0.25) is 0 Å². The molecule has 1 heterocycles. The second-order valence-electron chi connectivity index (χ2n) is 6.77. The van der Waals surface area contributed by atoms with E-state index >= 15 is 0 Å². The standard InChI is InChI=1S/C24H26N2O2/c1-3-5-6-7-8-9-18-27-22-16-14-21(15-17-22)24-26-25-23(28-24)20-12-10-19(4-2)11-13-20/h2,10-17H,3,5-9,18H2,1H3. The molecule has 0 aliphatic heterocycles. The van der Waals surface area contributed by atoms with Crippen LogP contribution in [0.5, 0.6) is 5.75 Å². The zero-order valence-corrected chi connectivity index (χ0v) is 16.4. The molecule has 0 spiro atoms. The number of hydrogen-bond acceptors (Lipinski definition) is 4. The average molecular weight is 374 g/mol. The maximum Gasteiger partial charge on any atom is 0.248 e. The number of aromatic nitrogens is 2. The maximum atomic E-state index is 5.82. The zero-order valence-electron chi connectivity index (χ0n) is 16.4. The Bertz CT molecular complexity index is 890. The van der Waals surface area contributed by atoms with E-state index in [0.29, 0.717) is 11.8 Å². The number of rotatable bonds is 10. The van der Waals surface area contributed by atoms with E-state index in [1.165, 1.54) is 32.1 Å². The number of ether oxygens (including phenoxy) is 1. The molecule has 2 aromatic carbocycles. The van der Waals surface area contributed by atoms with Crippen molar-refractivity contribution in [1.82, 2.24) is 10.2 Å². The first-order chi connectivity index (χ1) is 13.8. The molecule has 0 unspecified atom stereocenters. The molecule has 0 aliphatic rings. The summed E-state index contributed by atoms with van der Waals surface area (Å²) in [6.45, 7) is 2.99. The van der Waals surface area contributed by atoms with Gasteiger partial charge in [-0.2, -0.15) is 0 Å². The van der Waals surface area contributed by atoms with Crippen molar-refractivity contribution in [1.29, 1.82) is 0 Å². The summed E-state index contributed by atoms with van der Waals surface area (Å²) in [6, 6.07) is 15.2. The quantitative estimate of drug-likeness (QED) is 0.317. The molecule has 0 atom stereocenters. The van der Waals surface area contributed by atoms with Crippen LogP contribution in [0, 0.1) is 12.3 Å². The van der Waals surface area contributed by atoms with Crippen LogP contribution in [0.25, 0.3) is 22.9 Å². The molecule has 144 valence electrons. The molecule has 0 fully saturated rings. The summed E-state index contributed by atoms with van der Waals surface area (Å²) in [5.74, 6) is 4.41. The molecule has 0 amide bonds. The summed E-state index contributed by atoms with van der Waals surface area (Å²) in [6.07, 6.45) is 12.9. The van der Waals surface area contributed by atoms with Crippen molar-refractivity contribution in [3.05, 3.63) is 54.1 Å². The molecule has 3 rings (SSSR count). The third-order valence-electron chi connectivity index (χ3n) is 4.59. The Labute approximate surface area is 167 Å². The van der Waals surface area contributed by atoms with Crippen LogP contribution >= 0.6 is 0 Å². The van der Waals surface area contributed by atoms with Crippen molar-refractivity contribution in [3.63, 3.8) is 0 Å². The van der Waals surface area contributed by atoms with Gasteiger partial charge in [-0.15, -0.1) is 16.6 Å². The van der Waals surface area contributed by atoms with Gasteiger partial charge in [0.25, 0.3) is 0 Å². The minimum Gasteiger partial charge on any atom is -0.494 e. The van der Waals surface area contributed by atoms with Gasteiger partial charge < -0.3 is 9.15 Å². The summed E-state index contributed by atoms with van der Waals surface area (Å²) >= 11 is 0. The summed E-state index contributed by atoms with van der Waals surface area (Å²) in [5, 5.41) is 8.28. The Kier molecular flexibility index (Phi) is 7.26. The number of unbranched alkanes of at least 4 members (excludes halogenated alkanes) is 5. The third kappa shape index (κ3) is 5.47. The monoisotopic (exact) mass is 374 g/mol. The fourth-order valence-corrected chi connectivity index (χ4v) is 2.93. The topological polar surface area (TPSA) is 48.2 Å². The second-order valence-corrected chi connectivity index (χ2v) is 6.77. The van der Waals surface area contributed by atoms with Crippen LogP contribution < -0.4 is 4.74 Å². The lowest BCUT2D eigenvalue weighted by molar-refractivity contribution is 0.304. The largest absolute Gasteiger partial charge is 0.494 e. The van der Waals surface area contributed by atoms with Gasteiger partial charge in [0, 0.05) is 16.7 Å². The average Bonchev–Trinajstić information content (AvgIpc) is 3.24. The van der Waals surface area contributed by atoms with E-state index in [0.717, 1.165) is 35.5 Å². The highest BCUT2D eigenvalue weighted by atomic mass is 16.5. The molecule has 4 nitrogen and oxygen atoms in total. The van der Waals surface area contributed by atoms with E-state index in [2.05, 4.69) is 23.0 Å². The van der Waals surface area contributed by atoms with Crippen molar-refractivity contribution >= 4 is 0 Å². The SMILES string of the molecule is C#Cc1ccc(-c2nnc(-c3ccc(OCCCCCCCC)cc3)o2)cc1. The molecule has 4 heteroatoms. The van der Waals surface area contributed by atoms with Crippen molar-refractivity contribution in [2.24, 2.45) is 0 Å². The van der Waals surface area contributed by atoms with Crippen LogP contribution in [0.3, 0.4) is 0 Å². The lowest BCUT2D eigenvalue weighted by atomic mass is 10.1. The van der Waals surface area contributed by atoms with Crippen LogP contribution in [-0.2, 0) is 0 Å². The minimum absolute atomic E-state index is 0.474. The molecular weight excluding hydrogens is 348 g/mol. The minimum atomic E-state index is 0.474. The Morgan fingerprint density at radius 2 is 1.39 bits per heavy atom. The normalized spacial score (nSPS) is 10.6. The zero-order chi connectivity index (χ0) is 19.6. The Morgan fingerprint density at radius 3 is 2.00 bits per heavy atom. The van der Waals surface area contributed by atoms with Gasteiger partial charge in [-0.25, -0.2) is 0 Å². The number of benzene rings is 2. The smallest absolute Gasteiger partial charge is 0.248 e. The summed E-state index contributed by atoms with van der Waals surface area (Å²) in [7, 11) is 0. The Balaban J connectivity index is 1.52. The van der Waals surface area contributed by atoms with Gasteiger partial charge in [0.05, 0.1) is 6.61 Å². The van der Waals surface area contributed by atoms with E-state index < -0.39 is 0 Å². The second kappa shape index (κ2) is 10.3. The first kappa shape index (κ1) is 19.7. The highest BCUT2D eigenvalue weighted by Crippen LogP contribution is 2.25. The van der Waals surface area contributed by atoms with Crippen molar-refractivity contribution < 1.29 is 9.15 Å². The molecule has 0 N–H and O–H groups in total. The van der Waals surface area contributed by atoms with E-state index in [1.54, 1.807) is 0 Å². The fraction of sp³-hybridized carbons (Fsp3) is 0.333. The molecule has 0 aliphatic carbocycles. The fourth-order valence-electron chi connectivity index (χ4n) is 2.93. The summed E-state index contributed by atoms with van der Waals surface area (Å²) in [4.78, 5) is 0. The maximum absolute atomic E-state index is 5.82. The number of hydrogen-bond donors (Lipinski definition) is 0. The molecule has 0 saturated carbocycles. The summed E-state index contributed by atoms with van der Waals surface area (Å²) < 4.78 is 11.6. The third-order valence-corrected chi connectivity index (χ3v) is 4.59. The Morgan fingerprint density at radius 1 is 0.821 bits per heavy atom. The van der Waals surface area contributed by atoms with Crippen LogP contribution in [0.15, 0.2) is 52.9 Å². The molecular formula is C24H26N2O2. The van der Waals surface area contributed by atoms with E-state index in [1.807, 2.05) is 48.5 Å². The lowest BCUT2D eigenvalue weighted by Gasteiger charge is -2.06. The Hall–Kier alpha value is -3.06. The van der Waals surface area contributed by atoms with Crippen molar-refractivity contribution in [3.8, 4) is 41.0 Å². The van der Waals surface area contributed by atoms with Gasteiger partial charge in [-0.1, -0.05) is 44.9 Å². The first-order valence-electron chi connectivity index (χ1n) is 9.94. The van der Waals surface area contributed by atoms with Gasteiger partial charge in [0.15, 0.2) is 0 Å². The van der Waals surface area contributed by atoms with E-state index in [9.17, 15) is 0 Å². The summed E-state index contributed by atoms with van der Waals surface area (Å²) in [5.41, 5.74) is 2.53.